The number of hydrogen-bond donors (Lipinski definition) is 0. The van der Waals surface area contributed by atoms with E-state index in [1.807, 2.05) is 12.1 Å². The molecule has 0 spiro atoms. The molecule has 2 nitrogen and oxygen atoms in total. The predicted molar refractivity (Wildman–Crippen MR) is 79.0 cm³/mol. The van der Waals surface area contributed by atoms with E-state index in [-0.39, 0.29) is 0 Å². The van der Waals surface area contributed by atoms with Crippen molar-refractivity contribution in [1.82, 2.24) is 9.97 Å². The van der Waals surface area contributed by atoms with Gasteiger partial charge in [-0.2, -0.15) is 0 Å². The van der Waals surface area contributed by atoms with Crippen molar-refractivity contribution in [2.45, 2.75) is 19.8 Å². The molecule has 0 aliphatic carbocycles. The van der Waals surface area contributed by atoms with Crippen LogP contribution in [0, 0.1) is 0 Å². The predicted octanol–water partition coefficient (Wildman–Crippen LogP) is 4.25. The van der Waals surface area contributed by atoms with Crippen LogP contribution in [0.4, 0.5) is 0 Å². The lowest BCUT2D eigenvalue weighted by atomic mass is 10.0. The number of hydrogen-bond acceptors (Lipinski definition) is 2. The molecular weight excluding hydrogens is 232 g/mol. The van der Waals surface area contributed by atoms with Crippen LogP contribution in [0.15, 0.2) is 54.7 Å². The van der Waals surface area contributed by atoms with Crippen molar-refractivity contribution in [3.05, 3.63) is 60.3 Å². The number of aryl methyl sites for hydroxylation is 1. The maximum Gasteiger partial charge on any atom is 0.159 e. The molecule has 0 aliphatic rings. The lowest BCUT2D eigenvalue weighted by molar-refractivity contribution is 0.919. The summed E-state index contributed by atoms with van der Waals surface area (Å²) < 4.78 is 0. The Morgan fingerprint density at radius 3 is 2.63 bits per heavy atom. The highest BCUT2D eigenvalue weighted by molar-refractivity contribution is 5.80. The smallest absolute Gasteiger partial charge is 0.159 e. The van der Waals surface area contributed by atoms with Gasteiger partial charge in [0.1, 0.15) is 0 Å². The topological polar surface area (TPSA) is 25.8 Å². The number of benzene rings is 1. The molecule has 0 aliphatic heterocycles. The molecule has 0 bridgehead atoms. The third kappa shape index (κ3) is 2.34. The lowest BCUT2D eigenvalue weighted by Gasteiger charge is -2.09. The van der Waals surface area contributed by atoms with E-state index in [0.717, 1.165) is 29.6 Å². The SMILES string of the molecule is CCCc1cc2cccnc2nc1-c1ccccc1. The first-order chi connectivity index (χ1) is 9.38. The fourth-order valence-electron chi connectivity index (χ4n) is 2.36. The van der Waals surface area contributed by atoms with Gasteiger partial charge in [0.15, 0.2) is 5.65 Å². The molecule has 94 valence electrons. The molecule has 2 aromatic heterocycles. The summed E-state index contributed by atoms with van der Waals surface area (Å²) in [6.07, 6.45) is 3.96. The Morgan fingerprint density at radius 2 is 1.84 bits per heavy atom. The fourth-order valence-corrected chi connectivity index (χ4v) is 2.36. The summed E-state index contributed by atoms with van der Waals surface area (Å²) in [6.45, 7) is 2.20. The summed E-state index contributed by atoms with van der Waals surface area (Å²) in [6, 6.07) is 16.6. The maximum atomic E-state index is 4.75. The number of aromatic nitrogens is 2. The van der Waals surface area contributed by atoms with E-state index < -0.39 is 0 Å². The van der Waals surface area contributed by atoms with E-state index in [9.17, 15) is 0 Å². The van der Waals surface area contributed by atoms with Gasteiger partial charge in [0.25, 0.3) is 0 Å². The van der Waals surface area contributed by atoms with Crippen LogP contribution >= 0.6 is 0 Å². The van der Waals surface area contributed by atoms with Gasteiger partial charge in [0.05, 0.1) is 5.69 Å². The zero-order chi connectivity index (χ0) is 13.1. The van der Waals surface area contributed by atoms with Gasteiger partial charge in [-0.15, -0.1) is 0 Å². The molecule has 0 radical (unpaired) electrons. The molecule has 0 N–H and O–H groups in total. The Balaban J connectivity index is 2.23. The zero-order valence-electron chi connectivity index (χ0n) is 11.0. The molecule has 0 saturated heterocycles. The average Bonchev–Trinajstić information content (AvgIpc) is 2.48. The van der Waals surface area contributed by atoms with Gasteiger partial charge in [0.2, 0.25) is 0 Å². The lowest BCUT2D eigenvalue weighted by Crippen LogP contribution is -1.95. The van der Waals surface area contributed by atoms with Crippen LogP contribution in [0.25, 0.3) is 22.3 Å². The third-order valence-corrected chi connectivity index (χ3v) is 3.24. The Bertz CT molecular complexity index is 690. The van der Waals surface area contributed by atoms with Crippen molar-refractivity contribution in [3.8, 4) is 11.3 Å². The summed E-state index contributed by atoms with van der Waals surface area (Å²) in [5.74, 6) is 0. The van der Waals surface area contributed by atoms with E-state index in [1.165, 1.54) is 11.1 Å². The summed E-state index contributed by atoms with van der Waals surface area (Å²) in [7, 11) is 0. The minimum Gasteiger partial charge on any atom is -0.237 e. The Kier molecular flexibility index (Phi) is 3.23. The number of pyridine rings is 2. The van der Waals surface area contributed by atoms with E-state index in [2.05, 4.69) is 48.3 Å². The van der Waals surface area contributed by atoms with Crippen molar-refractivity contribution in [2.24, 2.45) is 0 Å². The molecule has 3 rings (SSSR count). The fraction of sp³-hybridized carbons (Fsp3) is 0.176. The maximum absolute atomic E-state index is 4.75. The van der Waals surface area contributed by atoms with Gasteiger partial charge in [0, 0.05) is 17.1 Å². The second kappa shape index (κ2) is 5.19. The van der Waals surface area contributed by atoms with Crippen LogP contribution in [0.5, 0.6) is 0 Å². The second-order valence-corrected chi connectivity index (χ2v) is 4.66. The first kappa shape index (κ1) is 11.8. The number of nitrogens with zero attached hydrogens (tertiary/aromatic N) is 2. The van der Waals surface area contributed by atoms with E-state index >= 15 is 0 Å². The molecule has 19 heavy (non-hydrogen) atoms. The normalized spacial score (nSPS) is 10.8. The van der Waals surface area contributed by atoms with Crippen molar-refractivity contribution < 1.29 is 0 Å². The minimum atomic E-state index is 0.821. The molecule has 3 aromatic rings. The molecule has 0 atom stereocenters. The molecule has 0 fully saturated rings. The summed E-state index contributed by atoms with van der Waals surface area (Å²) >= 11 is 0. The van der Waals surface area contributed by atoms with E-state index in [1.54, 1.807) is 6.20 Å². The monoisotopic (exact) mass is 248 g/mol. The van der Waals surface area contributed by atoms with Crippen LogP contribution in [-0.2, 0) is 6.42 Å². The van der Waals surface area contributed by atoms with Crippen LogP contribution < -0.4 is 0 Å². The van der Waals surface area contributed by atoms with E-state index in [0.29, 0.717) is 0 Å². The molecule has 0 amide bonds. The summed E-state index contributed by atoms with van der Waals surface area (Å²) in [5, 5.41) is 1.12. The van der Waals surface area contributed by atoms with Gasteiger partial charge >= 0.3 is 0 Å². The number of fused-ring (bicyclic) bond motifs is 1. The van der Waals surface area contributed by atoms with Crippen molar-refractivity contribution in [1.29, 1.82) is 0 Å². The molecule has 2 heteroatoms. The summed E-state index contributed by atoms with van der Waals surface area (Å²) in [5.41, 5.74) is 4.35. The Morgan fingerprint density at radius 1 is 1.00 bits per heavy atom. The van der Waals surface area contributed by atoms with Crippen molar-refractivity contribution >= 4 is 11.0 Å². The van der Waals surface area contributed by atoms with Gasteiger partial charge in [-0.05, 0) is 30.2 Å². The first-order valence-corrected chi connectivity index (χ1v) is 6.68. The van der Waals surface area contributed by atoms with Crippen LogP contribution in [-0.4, -0.2) is 9.97 Å². The first-order valence-electron chi connectivity index (χ1n) is 6.68. The number of rotatable bonds is 3. The highest BCUT2D eigenvalue weighted by Gasteiger charge is 2.08. The average molecular weight is 248 g/mol. The van der Waals surface area contributed by atoms with Gasteiger partial charge in [-0.1, -0.05) is 43.7 Å². The van der Waals surface area contributed by atoms with Gasteiger partial charge in [-0.3, -0.25) is 0 Å². The Labute approximate surface area is 113 Å². The quantitative estimate of drug-likeness (QED) is 0.692. The van der Waals surface area contributed by atoms with Gasteiger partial charge in [-0.25, -0.2) is 9.97 Å². The highest BCUT2D eigenvalue weighted by Crippen LogP contribution is 2.25. The summed E-state index contributed by atoms with van der Waals surface area (Å²) in [4.78, 5) is 9.11. The largest absolute Gasteiger partial charge is 0.237 e. The molecule has 0 saturated carbocycles. The van der Waals surface area contributed by atoms with Crippen molar-refractivity contribution in [3.63, 3.8) is 0 Å². The van der Waals surface area contributed by atoms with E-state index in [4.69, 9.17) is 4.98 Å². The van der Waals surface area contributed by atoms with Gasteiger partial charge < -0.3 is 0 Å². The van der Waals surface area contributed by atoms with Crippen LogP contribution in [0.3, 0.4) is 0 Å². The minimum absolute atomic E-state index is 0.821. The molecular formula is C17H16N2. The van der Waals surface area contributed by atoms with Crippen LogP contribution in [0.2, 0.25) is 0 Å². The molecule has 2 heterocycles. The molecule has 0 unspecified atom stereocenters. The second-order valence-electron chi connectivity index (χ2n) is 4.66. The zero-order valence-corrected chi connectivity index (χ0v) is 11.0. The Hall–Kier alpha value is -2.22. The standard InChI is InChI=1S/C17H16N2/c1-2-7-14-12-15-10-6-11-18-17(15)19-16(14)13-8-4-3-5-9-13/h3-6,8-12H,2,7H2,1H3. The van der Waals surface area contributed by atoms with Crippen molar-refractivity contribution in [2.75, 3.05) is 0 Å². The third-order valence-electron chi connectivity index (χ3n) is 3.24. The highest BCUT2D eigenvalue weighted by atomic mass is 14.8. The molecule has 1 aromatic carbocycles. The van der Waals surface area contributed by atoms with Crippen LogP contribution in [0.1, 0.15) is 18.9 Å².